The van der Waals surface area contributed by atoms with Gasteiger partial charge in [-0.1, -0.05) is 73.7 Å². The van der Waals surface area contributed by atoms with Crippen LogP contribution in [0.5, 0.6) is 0 Å². The van der Waals surface area contributed by atoms with E-state index in [0.29, 0.717) is 5.92 Å². The second kappa shape index (κ2) is 5.68. The van der Waals surface area contributed by atoms with Crippen molar-refractivity contribution in [2.75, 3.05) is 0 Å². The summed E-state index contributed by atoms with van der Waals surface area (Å²) in [5, 5.41) is 0. The van der Waals surface area contributed by atoms with Crippen LogP contribution in [0.15, 0.2) is 61.2 Å². The van der Waals surface area contributed by atoms with Crippen molar-refractivity contribution >= 4 is 5.57 Å². The lowest BCUT2D eigenvalue weighted by Crippen LogP contribution is -1.95. The Morgan fingerprint density at radius 1 is 1.00 bits per heavy atom. The molecule has 2 rings (SSSR count). The highest BCUT2D eigenvalue weighted by atomic mass is 14.1. The van der Waals surface area contributed by atoms with Gasteiger partial charge in [0.25, 0.3) is 0 Å². The van der Waals surface area contributed by atoms with Crippen LogP contribution in [0.4, 0.5) is 0 Å². The topological polar surface area (TPSA) is 0 Å². The van der Waals surface area contributed by atoms with Crippen LogP contribution in [0.3, 0.4) is 0 Å². The molecular formula is C18H20. The molecule has 0 N–H and O–H groups in total. The van der Waals surface area contributed by atoms with E-state index in [1.807, 2.05) is 0 Å². The standard InChI is InChI=1S/C18H20/c1-14-9-11-18(12-10-14)16(3)13-15(2)17-7-5-4-6-8-17/h4-12,15H,3,13H2,1-2H3. The summed E-state index contributed by atoms with van der Waals surface area (Å²) in [4.78, 5) is 0. The summed E-state index contributed by atoms with van der Waals surface area (Å²) in [6, 6.07) is 19.2. The molecule has 0 radical (unpaired) electrons. The lowest BCUT2D eigenvalue weighted by atomic mass is 9.91. The summed E-state index contributed by atoms with van der Waals surface area (Å²) in [6.45, 7) is 8.59. The molecule has 18 heavy (non-hydrogen) atoms. The van der Waals surface area contributed by atoms with Crippen molar-refractivity contribution < 1.29 is 0 Å². The molecular weight excluding hydrogens is 216 g/mol. The normalized spacial score (nSPS) is 12.1. The van der Waals surface area contributed by atoms with Crippen molar-refractivity contribution in [2.45, 2.75) is 26.2 Å². The Balaban J connectivity index is 2.06. The fourth-order valence-electron chi connectivity index (χ4n) is 2.18. The maximum Gasteiger partial charge on any atom is -0.0150 e. The van der Waals surface area contributed by atoms with Crippen molar-refractivity contribution in [1.29, 1.82) is 0 Å². The second-order valence-corrected chi connectivity index (χ2v) is 4.99. The fourth-order valence-corrected chi connectivity index (χ4v) is 2.18. The second-order valence-electron chi connectivity index (χ2n) is 4.99. The molecule has 92 valence electrons. The lowest BCUT2D eigenvalue weighted by molar-refractivity contribution is 0.793. The molecule has 0 aliphatic heterocycles. The molecule has 0 amide bonds. The van der Waals surface area contributed by atoms with Crippen LogP contribution >= 0.6 is 0 Å². The summed E-state index contributed by atoms with van der Waals surface area (Å²) in [5.74, 6) is 0.514. The lowest BCUT2D eigenvalue weighted by Gasteiger charge is -2.14. The minimum atomic E-state index is 0.514. The largest absolute Gasteiger partial charge is 0.0952 e. The Morgan fingerprint density at radius 3 is 2.22 bits per heavy atom. The molecule has 0 heteroatoms. The summed E-state index contributed by atoms with van der Waals surface area (Å²) in [6.07, 6.45) is 1.01. The quantitative estimate of drug-likeness (QED) is 0.684. The SMILES string of the molecule is C=C(CC(C)c1ccccc1)c1ccc(C)cc1. The maximum absolute atomic E-state index is 4.22. The van der Waals surface area contributed by atoms with Gasteiger partial charge in [-0.3, -0.25) is 0 Å². The summed E-state index contributed by atoms with van der Waals surface area (Å²) in [5.41, 5.74) is 5.14. The monoisotopic (exact) mass is 236 g/mol. The van der Waals surface area contributed by atoms with Gasteiger partial charge in [0.2, 0.25) is 0 Å². The summed E-state index contributed by atoms with van der Waals surface area (Å²) in [7, 11) is 0. The van der Waals surface area contributed by atoms with E-state index in [0.717, 1.165) is 6.42 Å². The average molecular weight is 236 g/mol. The number of hydrogen-bond acceptors (Lipinski definition) is 0. The molecule has 1 unspecified atom stereocenters. The van der Waals surface area contributed by atoms with Gasteiger partial charge < -0.3 is 0 Å². The number of hydrogen-bond donors (Lipinski definition) is 0. The summed E-state index contributed by atoms with van der Waals surface area (Å²) >= 11 is 0. The highest BCUT2D eigenvalue weighted by Crippen LogP contribution is 2.27. The zero-order chi connectivity index (χ0) is 13.0. The van der Waals surface area contributed by atoms with E-state index in [1.54, 1.807) is 0 Å². The highest BCUT2D eigenvalue weighted by Gasteiger charge is 2.08. The Bertz CT molecular complexity index is 505. The number of rotatable bonds is 4. The van der Waals surface area contributed by atoms with Gasteiger partial charge in [0.05, 0.1) is 0 Å². The molecule has 2 aromatic carbocycles. The minimum Gasteiger partial charge on any atom is -0.0952 e. The van der Waals surface area contributed by atoms with Gasteiger partial charge in [-0.2, -0.15) is 0 Å². The first-order chi connectivity index (χ1) is 8.66. The van der Waals surface area contributed by atoms with E-state index in [9.17, 15) is 0 Å². The molecule has 0 saturated heterocycles. The average Bonchev–Trinajstić information content (AvgIpc) is 2.40. The van der Waals surface area contributed by atoms with Gasteiger partial charge in [-0.25, -0.2) is 0 Å². The number of benzene rings is 2. The third-order valence-corrected chi connectivity index (χ3v) is 3.38. The first-order valence-electron chi connectivity index (χ1n) is 6.46. The zero-order valence-electron chi connectivity index (χ0n) is 11.2. The molecule has 0 heterocycles. The van der Waals surface area contributed by atoms with Crippen LogP contribution in [-0.2, 0) is 0 Å². The van der Waals surface area contributed by atoms with Gasteiger partial charge in [-0.15, -0.1) is 0 Å². The Kier molecular flexibility index (Phi) is 3.99. The van der Waals surface area contributed by atoms with Gasteiger partial charge >= 0.3 is 0 Å². The molecule has 0 aliphatic rings. The van der Waals surface area contributed by atoms with Crippen LogP contribution in [0, 0.1) is 6.92 Å². The van der Waals surface area contributed by atoms with Crippen molar-refractivity contribution in [2.24, 2.45) is 0 Å². The van der Waals surface area contributed by atoms with Crippen molar-refractivity contribution in [3.05, 3.63) is 77.9 Å². The van der Waals surface area contributed by atoms with E-state index in [2.05, 4.69) is 75.0 Å². The van der Waals surface area contributed by atoms with Gasteiger partial charge in [0, 0.05) is 0 Å². The maximum atomic E-state index is 4.22. The molecule has 0 saturated carbocycles. The van der Waals surface area contributed by atoms with E-state index < -0.39 is 0 Å². The van der Waals surface area contributed by atoms with E-state index in [4.69, 9.17) is 0 Å². The third-order valence-electron chi connectivity index (χ3n) is 3.38. The van der Waals surface area contributed by atoms with Gasteiger partial charge in [-0.05, 0) is 36.0 Å². The highest BCUT2D eigenvalue weighted by molar-refractivity contribution is 5.64. The van der Waals surface area contributed by atoms with E-state index in [1.165, 1.54) is 22.3 Å². The molecule has 2 aromatic rings. The Hall–Kier alpha value is -1.82. The first kappa shape index (κ1) is 12.6. The minimum absolute atomic E-state index is 0.514. The summed E-state index contributed by atoms with van der Waals surface area (Å²) < 4.78 is 0. The predicted molar refractivity (Wildman–Crippen MR) is 79.7 cm³/mol. The number of allylic oxidation sites excluding steroid dienone is 1. The van der Waals surface area contributed by atoms with Crippen molar-refractivity contribution in [3.63, 3.8) is 0 Å². The molecule has 0 aliphatic carbocycles. The fraction of sp³-hybridized carbons (Fsp3) is 0.222. The van der Waals surface area contributed by atoms with Crippen LogP contribution in [0.25, 0.3) is 5.57 Å². The third kappa shape index (κ3) is 3.10. The van der Waals surface area contributed by atoms with Gasteiger partial charge in [0.1, 0.15) is 0 Å². The van der Waals surface area contributed by atoms with Crippen LogP contribution in [-0.4, -0.2) is 0 Å². The van der Waals surface area contributed by atoms with E-state index >= 15 is 0 Å². The zero-order valence-corrected chi connectivity index (χ0v) is 11.2. The molecule has 0 spiro atoms. The van der Waals surface area contributed by atoms with Crippen LogP contribution in [0.2, 0.25) is 0 Å². The smallest absolute Gasteiger partial charge is 0.0150 e. The van der Waals surface area contributed by atoms with Crippen molar-refractivity contribution in [1.82, 2.24) is 0 Å². The van der Waals surface area contributed by atoms with Crippen molar-refractivity contribution in [3.8, 4) is 0 Å². The van der Waals surface area contributed by atoms with Crippen LogP contribution < -0.4 is 0 Å². The van der Waals surface area contributed by atoms with Gasteiger partial charge in [0.15, 0.2) is 0 Å². The molecule has 0 nitrogen and oxygen atoms in total. The molecule has 0 fully saturated rings. The van der Waals surface area contributed by atoms with Crippen LogP contribution in [0.1, 0.15) is 36.0 Å². The molecule has 0 bridgehead atoms. The molecule has 1 atom stereocenters. The molecule has 0 aromatic heterocycles. The Morgan fingerprint density at radius 2 is 1.61 bits per heavy atom. The predicted octanol–water partition coefficient (Wildman–Crippen LogP) is 5.20. The van der Waals surface area contributed by atoms with E-state index in [-0.39, 0.29) is 0 Å². The Labute approximate surface area is 110 Å². The number of aryl methyl sites for hydroxylation is 1. The first-order valence-corrected chi connectivity index (χ1v) is 6.46.